The number of anilines is 1. The first-order chi connectivity index (χ1) is 27.1. The van der Waals surface area contributed by atoms with Crippen molar-refractivity contribution in [3.63, 3.8) is 0 Å². The van der Waals surface area contributed by atoms with Crippen LogP contribution in [0.15, 0.2) is 104 Å². The number of imidazole rings is 1. The molecular weight excluding hydrogens is 725 g/mol. The van der Waals surface area contributed by atoms with E-state index in [9.17, 15) is 24.0 Å². The molecule has 13 nitrogen and oxygen atoms in total. The van der Waals surface area contributed by atoms with E-state index in [1.165, 1.54) is 20.2 Å². The van der Waals surface area contributed by atoms with Gasteiger partial charge in [0.05, 0.1) is 25.0 Å². The second kappa shape index (κ2) is 18.4. The topological polar surface area (TPSA) is 161 Å². The van der Waals surface area contributed by atoms with E-state index >= 15 is 0 Å². The van der Waals surface area contributed by atoms with Crippen LogP contribution >= 0.6 is 0 Å². The molecule has 4 amide bonds. The van der Waals surface area contributed by atoms with Crippen LogP contribution in [0, 0.1) is 0 Å². The number of benzene rings is 3. The van der Waals surface area contributed by atoms with Crippen molar-refractivity contribution in [1.29, 1.82) is 0 Å². The van der Waals surface area contributed by atoms with Crippen molar-refractivity contribution >= 4 is 35.4 Å². The van der Waals surface area contributed by atoms with Gasteiger partial charge in [-0.1, -0.05) is 97.9 Å². The second-order valence-electron chi connectivity index (χ2n) is 15.8. The van der Waals surface area contributed by atoms with Crippen LogP contribution in [0.5, 0.6) is 0 Å². The largest absolute Gasteiger partial charge is 0.444 e. The fraction of sp³-hybridized carbons (Fsp3) is 0.409. The molecule has 1 saturated heterocycles. The summed E-state index contributed by atoms with van der Waals surface area (Å²) in [6, 6.07) is 26.5. The number of hydrogen-bond acceptors (Lipinski definition) is 8. The number of likely N-dealkylation sites (tertiary alicyclic amines) is 1. The van der Waals surface area contributed by atoms with Gasteiger partial charge >= 0.3 is 6.09 Å². The molecule has 1 aliphatic rings. The Bertz CT molecular complexity index is 1990. The molecule has 0 spiro atoms. The van der Waals surface area contributed by atoms with Crippen molar-refractivity contribution in [3.05, 3.63) is 120 Å². The summed E-state index contributed by atoms with van der Waals surface area (Å²) in [5.74, 6) is -1.11. The summed E-state index contributed by atoms with van der Waals surface area (Å²) in [6.45, 7) is 10.8. The fourth-order valence-electron chi connectivity index (χ4n) is 6.95. The van der Waals surface area contributed by atoms with Crippen molar-refractivity contribution in [2.75, 3.05) is 25.0 Å². The number of amides is 4. The summed E-state index contributed by atoms with van der Waals surface area (Å²) in [5, 5.41) is 8.05. The van der Waals surface area contributed by atoms with Gasteiger partial charge in [0.2, 0.25) is 11.8 Å². The van der Waals surface area contributed by atoms with Gasteiger partial charge in [-0.2, -0.15) is 0 Å². The minimum Gasteiger partial charge on any atom is -0.444 e. The van der Waals surface area contributed by atoms with Crippen molar-refractivity contribution in [2.45, 2.75) is 96.1 Å². The molecule has 5 rings (SSSR count). The molecule has 2 atom stereocenters. The zero-order valence-electron chi connectivity index (χ0n) is 33.6. The number of carbonyl (C=O) groups is 5. The Kier molecular flexibility index (Phi) is 13.7. The molecule has 13 heteroatoms. The average molecular weight is 779 g/mol. The standard InChI is InChI=1S/C44H54N6O7/c1-7-35(51)44(33-21-15-10-16-22-33)23-25-49(26-24-44)39(53)37(32-19-13-9-14-20-32)50-27-36(45-30-50)47-38(52)34(29-56-28-31-17-11-8-12-18-31)46-40(54)43(5,6)48-41(55)57-42(2,3)4/h8-22,27,30,34,37H,7,23-26,28-29H2,1-6H3,(H,46,54)(H,47,52)(H,48,55). The Hall–Kier alpha value is -5.82. The van der Waals surface area contributed by atoms with Gasteiger partial charge in [0, 0.05) is 25.7 Å². The van der Waals surface area contributed by atoms with Crippen LogP contribution in [0.2, 0.25) is 0 Å². The maximum Gasteiger partial charge on any atom is 0.408 e. The first-order valence-electron chi connectivity index (χ1n) is 19.3. The first kappa shape index (κ1) is 42.3. The minimum atomic E-state index is -1.45. The van der Waals surface area contributed by atoms with Gasteiger partial charge in [-0.15, -0.1) is 0 Å². The predicted octanol–water partition coefficient (Wildman–Crippen LogP) is 5.96. The van der Waals surface area contributed by atoms with E-state index in [4.69, 9.17) is 9.47 Å². The predicted molar refractivity (Wildman–Crippen MR) is 216 cm³/mol. The zero-order valence-corrected chi connectivity index (χ0v) is 33.6. The number of rotatable bonds is 15. The molecular formula is C44H54N6O7. The Morgan fingerprint density at radius 1 is 0.842 bits per heavy atom. The maximum absolute atomic E-state index is 14.4. The maximum atomic E-state index is 14.4. The molecule has 1 aliphatic heterocycles. The number of carbonyl (C=O) groups excluding carboxylic acids is 5. The normalized spacial score (nSPS) is 15.2. The molecule has 0 aliphatic carbocycles. The number of aromatic nitrogens is 2. The van der Waals surface area contributed by atoms with E-state index in [1.807, 2.05) is 97.9 Å². The highest BCUT2D eigenvalue weighted by molar-refractivity contribution is 5.99. The van der Waals surface area contributed by atoms with E-state index in [-0.39, 0.29) is 30.7 Å². The SMILES string of the molecule is CCC(=O)C1(c2ccccc2)CCN(C(=O)C(c2ccccc2)n2cnc(NC(=O)C(COCc3ccccc3)NC(=O)C(C)(C)NC(=O)OC(C)(C)C)c2)CC1. The van der Waals surface area contributed by atoms with Crippen molar-refractivity contribution < 1.29 is 33.4 Å². The molecule has 302 valence electrons. The van der Waals surface area contributed by atoms with Crippen LogP contribution in [0.4, 0.5) is 10.6 Å². The molecule has 2 unspecified atom stereocenters. The first-order valence-corrected chi connectivity index (χ1v) is 19.3. The van der Waals surface area contributed by atoms with Crippen LogP contribution in [0.3, 0.4) is 0 Å². The summed E-state index contributed by atoms with van der Waals surface area (Å²) in [6.07, 6.45) is 3.69. The number of ketones is 1. The summed E-state index contributed by atoms with van der Waals surface area (Å²) in [4.78, 5) is 74.0. The lowest BCUT2D eigenvalue weighted by Gasteiger charge is -2.42. The third-order valence-corrected chi connectivity index (χ3v) is 10.0. The van der Waals surface area contributed by atoms with Crippen LogP contribution < -0.4 is 16.0 Å². The quantitative estimate of drug-likeness (QED) is 0.133. The average Bonchev–Trinajstić information content (AvgIpc) is 3.64. The van der Waals surface area contributed by atoms with Crippen molar-refractivity contribution in [1.82, 2.24) is 25.1 Å². The van der Waals surface area contributed by atoms with Gasteiger partial charge in [-0.05, 0) is 64.2 Å². The molecule has 3 aromatic carbocycles. The van der Waals surface area contributed by atoms with E-state index in [1.54, 1.807) is 36.4 Å². The molecule has 57 heavy (non-hydrogen) atoms. The van der Waals surface area contributed by atoms with Gasteiger partial charge in [0.15, 0.2) is 5.82 Å². The molecule has 0 saturated carbocycles. The Balaban J connectivity index is 1.33. The highest BCUT2D eigenvalue weighted by Crippen LogP contribution is 2.38. The Morgan fingerprint density at radius 3 is 2.04 bits per heavy atom. The number of alkyl carbamates (subject to hydrolysis) is 1. The zero-order chi connectivity index (χ0) is 41.2. The molecule has 0 bridgehead atoms. The molecule has 1 aromatic heterocycles. The van der Waals surface area contributed by atoms with Gasteiger partial charge in [-0.3, -0.25) is 19.2 Å². The highest BCUT2D eigenvalue weighted by Gasteiger charge is 2.43. The van der Waals surface area contributed by atoms with Crippen LogP contribution in [0.25, 0.3) is 0 Å². The van der Waals surface area contributed by atoms with E-state index in [2.05, 4.69) is 20.9 Å². The lowest BCUT2D eigenvalue weighted by atomic mass is 9.69. The molecule has 0 radical (unpaired) electrons. The molecule has 2 heterocycles. The monoisotopic (exact) mass is 778 g/mol. The highest BCUT2D eigenvalue weighted by atomic mass is 16.6. The van der Waals surface area contributed by atoms with E-state index < -0.39 is 46.5 Å². The second-order valence-corrected chi connectivity index (χ2v) is 15.8. The number of nitrogens with one attached hydrogen (secondary N) is 3. The summed E-state index contributed by atoms with van der Waals surface area (Å²) < 4.78 is 12.9. The smallest absolute Gasteiger partial charge is 0.408 e. The summed E-state index contributed by atoms with van der Waals surface area (Å²) in [7, 11) is 0. The lowest BCUT2D eigenvalue weighted by Crippen LogP contribution is -2.59. The number of ether oxygens (including phenoxy) is 2. The Labute approximate surface area is 334 Å². The van der Waals surface area contributed by atoms with Gasteiger partial charge < -0.3 is 34.9 Å². The summed E-state index contributed by atoms with van der Waals surface area (Å²) >= 11 is 0. The van der Waals surface area contributed by atoms with Crippen LogP contribution in [0.1, 0.15) is 83.5 Å². The number of nitrogens with zero attached hydrogens (tertiary/aromatic N) is 3. The third-order valence-electron chi connectivity index (χ3n) is 10.0. The number of Topliss-reactive ketones (excluding diaryl/α,β-unsaturated/α-hetero) is 1. The number of piperidine rings is 1. The molecule has 3 N–H and O–H groups in total. The third kappa shape index (κ3) is 10.9. The van der Waals surface area contributed by atoms with E-state index in [0.717, 1.165) is 16.7 Å². The Morgan fingerprint density at radius 2 is 1.44 bits per heavy atom. The number of hydrogen-bond donors (Lipinski definition) is 3. The fourth-order valence-corrected chi connectivity index (χ4v) is 6.95. The van der Waals surface area contributed by atoms with Gasteiger partial charge in [0.1, 0.15) is 29.0 Å². The van der Waals surface area contributed by atoms with Crippen LogP contribution in [-0.4, -0.2) is 80.9 Å². The van der Waals surface area contributed by atoms with Gasteiger partial charge in [-0.25, -0.2) is 9.78 Å². The summed E-state index contributed by atoms with van der Waals surface area (Å²) in [5.41, 5.74) is -0.317. The van der Waals surface area contributed by atoms with Crippen molar-refractivity contribution in [3.8, 4) is 0 Å². The van der Waals surface area contributed by atoms with Crippen LogP contribution in [-0.2, 0) is 40.7 Å². The lowest BCUT2D eigenvalue weighted by molar-refractivity contribution is -0.138. The minimum absolute atomic E-state index is 0.150. The van der Waals surface area contributed by atoms with Gasteiger partial charge in [0.25, 0.3) is 5.91 Å². The molecule has 1 fully saturated rings. The van der Waals surface area contributed by atoms with E-state index in [0.29, 0.717) is 32.4 Å². The van der Waals surface area contributed by atoms with Crippen molar-refractivity contribution in [2.24, 2.45) is 0 Å². The molecule has 4 aromatic rings.